The number of rotatable bonds is 3. The van der Waals surface area contributed by atoms with Crippen LogP contribution >= 0.6 is 0 Å². The Morgan fingerprint density at radius 1 is 0.885 bits per heavy atom. The SMILES string of the molecule is O=S(=O)(c1cccc2ccccc12)N1C2CCC1CC(n1cccn1)C2. The molecule has 0 radical (unpaired) electrons. The molecule has 2 fully saturated rings. The predicted molar refractivity (Wildman–Crippen MR) is 100 cm³/mol. The summed E-state index contributed by atoms with van der Waals surface area (Å²) < 4.78 is 30.9. The fraction of sp³-hybridized carbons (Fsp3) is 0.350. The van der Waals surface area contributed by atoms with E-state index in [2.05, 4.69) is 5.10 Å². The van der Waals surface area contributed by atoms with Crippen molar-refractivity contribution in [3.63, 3.8) is 0 Å². The van der Waals surface area contributed by atoms with E-state index in [0.717, 1.165) is 36.5 Å². The predicted octanol–water partition coefficient (Wildman–Crippen LogP) is 3.59. The van der Waals surface area contributed by atoms with E-state index in [1.165, 1.54) is 0 Å². The molecule has 0 amide bonds. The quantitative estimate of drug-likeness (QED) is 0.711. The molecule has 2 atom stereocenters. The van der Waals surface area contributed by atoms with Gasteiger partial charge in [0.25, 0.3) is 0 Å². The monoisotopic (exact) mass is 367 g/mol. The van der Waals surface area contributed by atoms with Crippen LogP contribution in [0.15, 0.2) is 65.8 Å². The van der Waals surface area contributed by atoms with E-state index in [-0.39, 0.29) is 12.1 Å². The van der Waals surface area contributed by atoms with Crippen LogP contribution in [0.5, 0.6) is 0 Å². The number of nitrogens with zero attached hydrogens (tertiary/aromatic N) is 3. The topological polar surface area (TPSA) is 55.2 Å². The van der Waals surface area contributed by atoms with Gasteiger partial charge in [-0.25, -0.2) is 8.42 Å². The molecule has 5 rings (SSSR count). The first-order valence-electron chi connectivity index (χ1n) is 9.15. The first-order chi connectivity index (χ1) is 12.6. The van der Waals surface area contributed by atoms with Gasteiger partial charge in [0.15, 0.2) is 0 Å². The summed E-state index contributed by atoms with van der Waals surface area (Å²) in [6.45, 7) is 0. The molecule has 5 nitrogen and oxygen atoms in total. The lowest BCUT2D eigenvalue weighted by atomic mass is 10.00. The summed E-state index contributed by atoms with van der Waals surface area (Å²) in [5, 5.41) is 6.15. The van der Waals surface area contributed by atoms with Gasteiger partial charge in [-0.3, -0.25) is 4.68 Å². The van der Waals surface area contributed by atoms with E-state index in [0.29, 0.717) is 10.9 Å². The highest BCUT2D eigenvalue weighted by Gasteiger charge is 2.48. The number of aromatic nitrogens is 2. The first kappa shape index (κ1) is 16.0. The molecule has 3 aromatic rings. The largest absolute Gasteiger partial charge is 0.270 e. The molecule has 2 aromatic carbocycles. The van der Waals surface area contributed by atoms with E-state index < -0.39 is 10.0 Å². The molecule has 1 aromatic heterocycles. The van der Waals surface area contributed by atoms with Gasteiger partial charge in [0.05, 0.1) is 10.9 Å². The summed E-state index contributed by atoms with van der Waals surface area (Å²) in [6, 6.07) is 15.6. The standard InChI is InChI=1S/C20H21N3O2S/c24-26(25,20-8-3-6-15-5-1-2-7-19(15)20)23-16-9-10-17(23)14-18(13-16)22-12-4-11-21-22/h1-8,11-12,16-18H,9-10,13-14H2. The molecule has 2 saturated heterocycles. The summed E-state index contributed by atoms with van der Waals surface area (Å²) in [5.41, 5.74) is 0. The molecule has 0 aliphatic carbocycles. The zero-order valence-electron chi connectivity index (χ0n) is 14.4. The second-order valence-corrected chi connectivity index (χ2v) is 9.12. The normalized spacial score (nSPS) is 26.4. The van der Waals surface area contributed by atoms with Crippen molar-refractivity contribution in [1.29, 1.82) is 0 Å². The zero-order valence-corrected chi connectivity index (χ0v) is 15.2. The number of benzene rings is 2. The Labute approximate surface area is 153 Å². The summed E-state index contributed by atoms with van der Waals surface area (Å²) in [4.78, 5) is 0.435. The minimum atomic E-state index is -3.51. The third-order valence-corrected chi connectivity index (χ3v) is 7.91. The van der Waals surface area contributed by atoms with Crippen LogP contribution in [0, 0.1) is 0 Å². The molecule has 26 heavy (non-hydrogen) atoms. The van der Waals surface area contributed by atoms with E-state index in [1.54, 1.807) is 16.6 Å². The van der Waals surface area contributed by atoms with Gasteiger partial charge < -0.3 is 0 Å². The highest BCUT2D eigenvalue weighted by atomic mass is 32.2. The maximum atomic E-state index is 13.6. The highest BCUT2D eigenvalue weighted by molar-refractivity contribution is 7.89. The number of hydrogen-bond acceptors (Lipinski definition) is 3. The van der Waals surface area contributed by atoms with E-state index in [4.69, 9.17) is 0 Å². The van der Waals surface area contributed by atoms with Crippen LogP contribution in [0.4, 0.5) is 0 Å². The van der Waals surface area contributed by atoms with Crippen LogP contribution in [-0.2, 0) is 10.0 Å². The first-order valence-corrected chi connectivity index (χ1v) is 10.6. The zero-order chi connectivity index (χ0) is 17.7. The van der Waals surface area contributed by atoms with Crippen molar-refractivity contribution in [3.8, 4) is 0 Å². The molecular formula is C20H21N3O2S. The van der Waals surface area contributed by atoms with Crippen LogP contribution < -0.4 is 0 Å². The molecule has 2 unspecified atom stereocenters. The number of hydrogen-bond donors (Lipinski definition) is 0. The van der Waals surface area contributed by atoms with Gasteiger partial charge in [-0.15, -0.1) is 0 Å². The smallest absolute Gasteiger partial charge is 0.244 e. The lowest BCUT2D eigenvalue weighted by Gasteiger charge is -2.38. The van der Waals surface area contributed by atoms with Gasteiger partial charge in [-0.05, 0) is 43.2 Å². The fourth-order valence-electron chi connectivity index (χ4n) is 4.74. The van der Waals surface area contributed by atoms with Crippen molar-refractivity contribution in [1.82, 2.24) is 14.1 Å². The van der Waals surface area contributed by atoms with Gasteiger partial charge in [-0.2, -0.15) is 9.40 Å². The summed E-state index contributed by atoms with van der Waals surface area (Å²) in [5.74, 6) is 0. The Morgan fingerprint density at radius 2 is 1.62 bits per heavy atom. The molecule has 2 aliphatic heterocycles. The van der Waals surface area contributed by atoms with Gasteiger partial charge in [0.2, 0.25) is 10.0 Å². The Bertz CT molecular complexity index is 1030. The van der Waals surface area contributed by atoms with Gasteiger partial charge in [0, 0.05) is 29.9 Å². The Hall–Kier alpha value is -2.18. The minimum absolute atomic E-state index is 0.0620. The van der Waals surface area contributed by atoms with Gasteiger partial charge in [0.1, 0.15) is 0 Å². The average molecular weight is 367 g/mol. The molecule has 2 aliphatic rings. The van der Waals surface area contributed by atoms with Crippen molar-refractivity contribution in [3.05, 3.63) is 60.9 Å². The van der Waals surface area contributed by atoms with Crippen LogP contribution in [0.25, 0.3) is 10.8 Å². The van der Waals surface area contributed by atoms with Crippen LogP contribution in [0.3, 0.4) is 0 Å². The Morgan fingerprint density at radius 3 is 2.35 bits per heavy atom. The lowest BCUT2D eigenvalue weighted by molar-refractivity contribution is 0.185. The van der Waals surface area contributed by atoms with Crippen molar-refractivity contribution in [2.24, 2.45) is 0 Å². The second kappa shape index (κ2) is 5.93. The third-order valence-electron chi connectivity index (χ3n) is 5.85. The Balaban J connectivity index is 1.53. The van der Waals surface area contributed by atoms with Crippen LogP contribution in [0.2, 0.25) is 0 Å². The van der Waals surface area contributed by atoms with Gasteiger partial charge >= 0.3 is 0 Å². The molecule has 0 spiro atoms. The van der Waals surface area contributed by atoms with Crippen molar-refractivity contribution in [2.45, 2.75) is 48.7 Å². The van der Waals surface area contributed by atoms with Crippen LogP contribution in [0.1, 0.15) is 31.7 Å². The van der Waals surface area contributed by atoms with Crippen molar-refractivity contribution >= 4 is 20.8 Å². The number of sulfonamides is 1. The molecule has 6 heteroatoms. The lowest BCUT2D eigenvalue weighted by Crippen LogP contribution is -2.46. The summed E-state index contributed by atoms with van der Waals surface area (Å²) in [6.07, 6.45) is 7.32. The number of piperidine rings is 1. The second-order valence-electron chi connectivity index (χ2n) is 7.31. The Kier molecular flexibility index (Phi) is 3.65. The van der Waals surface area contributed by atoms with Crippen molar-refractivity contribution < 1.29 is 8.42 Å². The highest BCUT2D eigenvalue weighted by Crippen LogP contribution is 2.44. The minimum Gasteiger partial charge on any atom is -0.270 e. The van der Waals surface area contributed by atoms with E-state index in [1.807, 2.05) is 53.3 Å². The maximum Gasteiger partial charge on any atom is 0.244 e. The molecule has 134 valence electrons. The maximum absolute atomic E-state index is 13.6. The molecule has 0 saturated carbocycles. The van der Waals surface area contributed by atoms with E-state index >= 15 is 0 Å². The van der Waals surface area contributed by atoms with Crippen molar-refractivity contribution in [2.75, 3.05) is 0 Å². The summed E-state index contributed by atoms with van der Waals surface area (Å²) >= 11 is 0. The summed E-state index contributed by atoms with van der Waals surface area (Å²) in [7, 11) is -3.51. The molecule has 3 heterocycles. The molecule has 0 N–H and O–H groups in total. The molecule has 2 bridgehead atoms. The number of fused-ring (bicyclic) bond motifs is 3. The van der Waals surface area contributed by atoms with E-state index in [9.17, 15) is 8.42 Å². The van der Waals surface area contributed by atoms with Crippen LogP contribution in [-0.4, -0.2) is 34.6 Å². The molecular weight excluding hydrogens is 346 g/mol. The average Bonchev–Trinajstić information content (AvgIpc) is 3.28. The third kappa shape index (κ3) is 2.40. The van der Waals surface area contributed by atoms with Gasteiger partial charge in [-0.1, -0.05) is 36.4 Å². The fourth-order valence-corrected chi connectivity index (χ4v) is 6.85.